The van der Waals surface area contributed by atoms with Gasteiger partial charge < -0.3 is 20.1 Å². The molecule has 3 rings (SSSR count). The Morgan fingerprint density at radius 3 is 2.55 bits per heavy atom. The maximum atomic E-state index is 12.1. The number of halogens is 2. The Hall–Kier alpha value is -2.77. The normalized spacial score (nSPS) is 12.8. The van der Waals surface area contributed by atoms with Crippen molar-refractivity contribution in [3.8, 4) is 5.75 Å². The lowest BCUT2D eigenvalue weighted by molar-refractivity contribution is -0.149. The highest BCUT2D eigenvalue weighted by Gasteiger charge is 2.23. The molecule has 1 aliphatic carbocycles. The van der Waals surface area contributed by atoms with Gasteiger partial charge in [-0.15, -0.1) is 0 Å². The molecule has 0 spiro atoms. The second-order valence-corrected chi connectivity index (χ2v) is 7.24. The van der Waals surface area contributed by atoms with Crippen LogP contribution in [0, 0.1) is 0 Å². The minimum atomic E-state index is -0.733. The van der Waals surface area contributed by atoms with Crippen LogP contribution in [0.3, 0.4) is 0 Å². The van der Waals surface area contributed by atoms with Gasteiger partial charge in [0.15, 0.2) is 13.2 Å². The summed E-state index contributed by atoms with van der Waals surface area (Å²) in [6, 6.07) is 11.3. The van der Waals surface area contributed by atoms with E-state index < -0.39 is 25.1 Å². The van der Waals surface area contributed by atoms with E-state index in [1.807, 2.05) is 0 Å². The van der Waals surface area contributed by atoms with E-state index in [1.54, 1.807) is 30.3 Å². The van der Waals surface area contributed by atoms with E-state index in [0.717, 1.165) is 12.8 Å². The summed E-state index contributed by atoms with van der Waals surface area (Å²) in [4.78, 5) is 35.8. The maximum Gasteiger partial charge on any atom is 0.344 e. The van der Waals surface area contributed by atoms with Gasteiger partial charge in [0.1, 0.15) is 5.75 Å². The van der Waals surface area contributed by atoms with Gasteiger partial charge in [-0.1, -0.05) is 29.3 Å². The number of rotatable bonds is 8. The molecule has 29 heavy (non-hydrogen) atoms. The second kappa shape index (κ2) is 9.62. The molecule has 0 aliphatic heterocycles. The molecule has 0 saturated heterocycles. The molecule has 7 nitrogen and oxygen atoms in total. The number of esters is 1. The number of hydrogen-bond acceptors (Lipinski definition) is 5. The summed E-state index contributed by atoms with van der Waals surface area (Å²) in [6.07, 6.45) is 1.98. The minimum absolute atomic E-state index is 0.187. The first-order valence-corrected chi connectivity index (χ1v) is 9.60. The zero-order chi connectivity index (χ0) is 20.8. The van der Waals surface area contributed by atoms with Gasteiger partial charge in [-0.25, -0.2) is 4.79 Å². The Morgan fingerprint density at radius 2 is 1.83 bits per heavy atom. The Bertz CT molecular complexity index is 931. The zero-order valence-corrected chi connectivity index (χ0v) is 16.8. The summed E-state index contributed by atoms with van der Waals surface area (Å²) >= 11 is 11.7. The minimum Gasteiger partial charge on any atom is -0.480 e. The molecule has 0 bridgehead atoms. The Morgan fingerprint density at radius 1 is 1.03 bits per heavy atom. The van der Waals surface area contributed by atoms with Crippen LogP contribution in [0.2, 0.25) is 10.0 Å². The monoisotopic (exact) mass is 436 g/mol. The highest BCUT2D eigenvalue weighted by molar-refractivity contribution is 6.35. The summed E-state index contributed by atoms with van der Waals surface area (Å²) in [7, 11) is 0. The van der Waals surface area contributed by atoms with Crippen molar-refractivity contribution >= 4 is 46.7 Å². The van der Waals surface area contributed by atoms with E-state index in [4.69, 9.17) is 32.7 Å². The van der Waals surface area contributed by atoms with Gasteiger partial charge in [0, 0.05) is 22.3 Å². The highest BCUT2D eigenvalue weighted by Crippen LogP contribution is 2.27. The van der Waals surface area contributed by atoms with Crippen LogP contribution in [0.25, 0.3) is 0 Å². The Labute approximate surface area is 177 Å². The molecule has 0 atom stereocenters. The van der Waals surface area contributed by atoms with Gasteiger partial charge in [0.05, 0.1) is 5.02 Å². The summed E-state index contributed by atoms with van der Waals surface area (Å²) in [6.45, 7) is -0.902. The van der Waals surface area contributed by atoms with Crippen molar-refractivity contribution in [1.29, 1.82) is 0 Å². The highest BCUT2D eigenvalue weighted by atomic mass is 35.5. The Kier molecular flexibility index (Phi) is 6.95. The smallest absolute Gasteiger partial charge is 0.344 e. The summed E-state index contributed by atoms with van der Waals surface area (Å²) in [5, 5.41) is 6.15. The molecule has 0 aromatic heterocycles. The van der Waals surface area contributed by atoms with E-state index in [-0.39, 0.29) is 22.7 Å². The lowest BCUT2D eigenvalue weighted by Crippen LogP contribution is -2.26. The van der Waals surface area contributed by atoms with Gasteiger partial charge in [-0.2, -0.15) is 0 Å². The van der Waals surface area contributed by atoms with Crippen LogP contribution >= 0.6 is 23.2 Å². The third-order valence-corrected chi connectivity index (χ3v) is 4.46. The summed E-state index contributed by atoms with van der Waals surface area (Å²) in [5.74, 6) is -1.18. The van der Waals surface area contributed by atoms with E-state index in [2.05, 4.69) is 10.6 Å². The van der Waals surface area contributed by atoms with E-state index in [0.29, 0.717) is 16.3 Å². The average Bonchev–Trinajstić information content (AvgIpc) is 3.50. The molecule has 9 heteroatoms. The first-order chi connectivity index (χ1) is 13.9. The number of ether oxygens (including phenoxy) is 2. The molecule has 152 valence electrons. The van der Waals surface area contributed by atoms with Crippen molar-refractivity contribution in [1.82, 2.24) is 5.32 Å². The van der Waals surface area contributed by atoms with Gasteiger partial charge in [0.25, 0.3) is 11.8 Å². The summed E-state index contributed by atoms with van der Waals surface area (Å²) in [5.41, 5.74) is 0.874. The average molecular weight is 437 g/mol. The van der Waals surface area contributed by atoms with E-state index in [9.17, 15) is 14.4 Å². The van der Waals surface area contributed by atoms with Crippen molar-refractivity contribution in [2.45, 2.75) is 18.9 Å². The van der Waals surface area contributed by atoms with Crippen molar-refractivity contribution in [3.05, 3.63) is 58.1 Å². The maximum absolute atomic E-state index is 12.1. The van der Waals surface area contributed by atoms with E-state index >= 15 is 0 Å². The number of amides is 2. The van der Waals surface area contributed by atoms with Crippen LogP contribution < -0.4 is 15.4 Å². The quantitative estimate of drug-likeness (QED) is 0.618. The van der Waals surface area contributed by atoms with Crippen LogP contribution in [-0.2, 0) is 14.3 Å². The molecule has 2 N–H and O–H groups in total. The fourth-order valence-electron chi connectivity index (χ4n) is 2.35. The first-order valence-electron chi connectivity index (χ1n) is 8.85. The third-order valence-electron chi connectivity index (χ3n) is 3.92. The second-order valence-electron chi connectivity index (χ2n) is 6.40. The lowest BCUT2D eigenvalue weighted by Gasteiger charge is -2.10. The topological polar surface area (TPSA) is 93.7 Å². The van der Waals surface area contributed by atoms with Gasteiger partial charge >= 0.3 is 5.97 Å². The van der Waals surface area contributed by atoms with Crippen LogP contribution in [0.1, 0.15) is 23.2 Å². The standard InChI is InChI=1S/C20H18Cl2N2O5/c21-13-4-7-17(16(22)9-13)28-11-19(26)29-10-18(25)23-15-3-1-2-12(8-15)20(27)24-14-5-6-14/h1-4,7-9,14H,5-6,10-11H2,(H,23,25)(H,24,27). The van der Waals surface area contributed by atoms with Crippen molar-refractivity contribution < 1.29 is 23.9 Å². The van der Waals surface area contributed by atoms with Gasteiger partial charge in [-0.05, 0) is 49.2 Å². The molecule has 1 saturated carbocycles. The number of benzene rings is 2. The number of anilines is 1. The molecule has 2 aromatic carbocycles. The van der Waals surface area contributed by atoms with Gasteiger partial charge in [-0.3, -0.25) is 9.59 Å². The molecular formula is C20H18Cl2N2O5. The van der Waals surface area contributed by atoms with Crippen LogP contribution in [-0.4, -0.2) is 37.0 Å². The molecule has 1 aliphatic rings. The molecule has 0 unspecified atom stereocenters. The molecule has 2 aromatic rings. The molecule has 0 heterocycles. The third kappa shape index (κ3) is 6.66. The first kappa shape index (κ1) is 21.0. The number of carbonyl (C=O) groups is 3. The Balaban J connectivity index is 1.43. The van der Waals surface area contributed by atoms with Crippen molar-refractivity contribution in [2.24, 2.45) is 0 Å². The van der Waals surface area contributed by atoms with Crippen LogP contribution in [0.5, 0.6) is 5.75 Å². The zero-order valence-electron chi connectivity index (χ0n) is 15.2. The predicted octanol–water partition coefficient (Wildman–Crippen LogP) is 3.45. The molecule has 2 amide bonds. The largest absolute Gasteiger partial charge is 0.480 e. The SMILES string of the molecule is O=C(COC(=O)COc1ccc(Cl)cc1Cl)Nc1cccc(C(=O)NC2CC2)c1. The summed E-state index contributed by atoms with van der Waals surface area (Å²) < 4.78 is 10.1. The predicted molar refractivity (Wildman–Crippen MR) is 108 cm³/mol. The lowest BCUT2D eigenvalue weighted by atomic mass is 10.2. The van der Waals surface area contributed by atoms with Crippen LogP contribution in [0.15, 0.2) is 42.5 Å². The van der Waals surface area contributed by atoms with Crippen LogP contribution in [0.4, 0.5) is 5.69 Å². The van der Waals surface area contributed by atoms with Crippen molar-refractivity contribution in [2.75, 3.05) is 18.5 Å². The number of hydrogen-bond donors (Lipinski definition) is 2. The number of carbonyl (C=O) groups excluding carboxylic acids is 3. The molecule has 1 fully saturated rings. The fraction of sp³-hybridized carbons (Fsp3) is 0.250. The molecular weight excluding hydrogens is 419 g/mol. The fourth-order valence-corrected chi connectivity index (χ4v) is 2.81. The molecule has 0 radical (unpaired) electrons. The number of nitrogens with one attached hydrogen (secondary N) is 2. The van der Waals surface area contributed by atoms with Gasteiger partial charge in [0.2, 0.25) is 0 Å². The van der Waals surface area contributed by atoms with Crippen molar-refractivity contribution in [3.63, 3.8) is 0 Å². The van der Waals surface area contributed by atoms with E-state index in [1.165, 1.54) is 12.1 Å².